The number of pyridine rings is 1. The fourth-order valence-electron chi connectivity index (χ4n) is 1.93. The van der Waals surface area contributed by atoms with E-state index >= 15 is 0 Å². The van der Waals surface area contributed by atoms with Crippen molar-refractivity contribution >= 4 is 0 Å². The van der Waals surface area contributed by atoms with E-state index in [4.69, 9.17) is 5.26 Å². The van der Waals surface area contributed by atoms with Crippen molar-refractivity contribution in [3.05, 3.63) is 65.0 Å². The van der Waals surface area contributed by atoms with Gasteiger partial charge in [0.2, 0.25) is 0 Å². The number of nitriles is 1. The van der Waals surface area contributed by atoms with Crippen LogP contribution >= 0.6 is 0 Å². The summed E-state index contributed by atoms with van der Waals surface area (Å²) in [7, 11) is 0. The average Bonchev–Trinajstić information content (AvgIpc) is 2.41. The van der Waals surface area contributed by atoms with Gasteiger partial charge in [0.15, 0.2) is 0 Å². The smallest absolute Gasteiger partial charge is 0.146 e. The fraction of sp³-hybridized carbons (Fsp3) is 0.250. The Bertz CT molecular complexity index is 655. The maximum Gasteiger partial charge on any atom is 0.146 e. The first-order valence-corrected chi connectivity index (χ1v) is 6.23. The van der Waals surface area contributed by atoms with Crippen LogP contribution in [-0.4, -0.2) is 4.98 Å². The van der Waals surface area contributed by atoms with Crippen LogP contribution in [0.5, 0.6) is 0 Å². The first-order chi connectivity index (χ1) is 9.42. The van der Waals surface area contributed by atoms with Gasteiger partial charge in [0.05, 0.1) is 17.2 Å². The minimum absolute atomic E-state index is 0.142. The van der Waals surface area contributed by atoms with Crippen LogP contribution in [0.15, 0.2) is 36.5 Å². The van der Waals surface area contributed by atoms with Gasteiger partial charge in [-0.25, -0.2) is 8.78 Å². The third-order valence-corrected chi connectivity index (χ3v) is 3.09. The van der Waals surface area contributed by atoms with Crippen molar-refractivity contribution in [2.45, 2.75) is 25.7 Å². The molecular weight excluding hydrogens is 258 g/mol. The summed E-state index contributed by atoms with van der Waals surface area (Å²) in [6.07, 6.45) is 2.03. The van der Waals surface area contributed by atoms with Gasteiger partial charge >= 0.3 is 0 Å². The number of halogens is 2. The van der Waals surface area contributed by atoms with E-state index in [1.807, 2.05) is 6.07 Å². The van der Waals surface area contributed by atoms with E-state index in [0.717, 1.165) is 5.56 Å². The normalized spacial score (nSPS) is 11.2. The molecule has 0 atom stereocenters. The molecule has 2 rings (SSSR count). The Morgan fingerprint density at radius 3 is 2.35 bits per heavy atom. The highest BCUT2D eigenvalue weighted by Gasteiger charge is 2.25. The number of benzene rings is 1. The fourth-order valence-corrected chi connectivity index (χ4v) is 1.93. The first-order valence-electron chi connectivity index (χ1n) is 6.23. The van der Waals surface area contributed by atoms with Crippen molar-refractivity contribution in [1.29, 1.82) is 5.26 Å². The Balaban J connectivity index is 2.26. The molecule has 0 saturated carbocycles. The summed E-state index contributed by atoms with van der Waals surface area (Å²) in [6.45, 7) is 3.25. The lowest BCUT2D eigenvalue weighted by molar-refractivity contribution is 0.544. The van der Waals surface area contributed by atoms with Gasteiger partial charge in [-0.05, 0) is 49.6 Å². The number of nitrogens with zero attached hydrogens (tertiary/aromatic N) is 2. The Kier molecular flexibility index (Phi) is 3.80. The zero-order chi connectivity index (χ0) is 14.8. The largest absolute Gasteiger partial charge is 0.256 e. The zero-order valence-electron chi connectivity index (χ0n) is 11.3. The monoisotopic (exact) mass is 272 g/mol. The number of aromatic nitrogens is 1. The van der Waals surface area contributed by atoms with E-state index in [-0.39, 0.29) is 11.5 Å². The van der Waals surface area contributed by atoms with Crippen molar-refractivity contribution in [3.63, 3.8) is 0 Å². The van der Waals surface area contributed by atoms with Crippen molar-refractivity contribution in [3.8, 4) is 6.07 Å². The molecule has 0 fully saturated rings. The molecule has 0 aliphatic rings. The molecule has 0 aliphatic heterocycles. The van der Waals surface area contributed by atoms with Gasteiger partial charge in [-0.15, -0.1) is 0 Å². The molecule has 2 aromatic rings. The van der Waals surface area contributed by atoms with E-state index in [0.29, 0.717) is 12.0 Å². The van der Waals surface area contributed by atoms with Crippen LogP contribution in [0.2, 0.25) is 0 Å². The molecule has 0 N–H and O–H groups in total. The molecule has 0 radical (unpaired) electrons. The van der Waals surface area contributed by atoms with Crippen LogP contribution in [0.25, 0.3) is 0 Å². The lowest BCUT2D eigenvalue weighted by Crippen LogP contribution is -2.18. The molecule has 1 heterocycles. The third kappa shape index (κ3) is 3.00. The first kappa shape index (κ1) is 14.1. The predicted molar refractivity (Wildman–Crippen MR) is 72.0 cm³/mol. The SMILES string of the molecule is CC(C)(C#N)c1ncc(Cc2ccc(F)cc2)cc1F. The topological polar surface area (TPSA) is 36.7 Å². The Morgan fingerprint density at radius 1 is 1.15 bits per heavy atom. The molecule has 1 aromatic heterocycles. The number of rotatable bonds is 3. The van der Waals surface area contributed by atoms with Gasteiger partial charge in [-0.1, -0.05) is 12.1 Å². The molecule has 0 aliphatic carbocycles. The van der Waals surface area contributed by atoms with Gasteiger partial charge in [0.1, 0.15) is 11.6 Å². The third-order valence-electron chi connectivity index (χ3n) is 3.09. The zero-order valence-corrected chi connectivity index (χ0v) is 11.3. The maximum absolute atomic E-state index is 14.0. The molecule has 102 valence electrons. The Labute approximate surface area is 116 Å². The number of hydrogen-bond donors (Lipinski definition) is 0. The molecule has 2 nitrogen and oxygen atoms in total. The summed E-state index contributed by atoms with van der Waals surface area (Å²) in [5.41, 5.74) is 0.743. The van der Waals surface area contributed by atoms with Crippen LogP contribution < -0.4 is 0 Å². The summed E-state index contributed by atoms with van der Waals surface area (Å²) in [4.78, 5) is 4.06. The van der Waals surface area contributed by atoms with Crippen LogP contribution in [0.3, 0.4) is 0 Å². The van der Waals surface area contributed by atoms with Crippen molar-refractivity contribution in [2.75, 3.05) is 0 Å². The molecule has 4 heteroatoms. The second kappa shape index (κ2) is 5.38. The van der Waals surface area contributed by atoms with Crippen molar-refractivity contribution in [1.82, 2.24) is 4.98 Å². The highest BCUT2D eigenvalue weighted by Crippen LogP contribution is 2.23. The van der Waals surface area contributed by atoms with Gasteiger partial charge in [-0.3, -0.25) is 4.98 Å². The second-order valence-corrected chi connectivity index (χ2v) is 5.21. The summed E-state index contributed by atoms with van der Waals surface area (Å²) in [5.74, 6) is -0.791. The molecular formula is C16H14F2N2. The van der Waals surface area contributed by atoms with Gasteiger partial charge in [0, 0.05) is 6.20 Å². The average molecular weight is 272 g/mol. The minimum Gasteiger partial charge on any atom is -0.256 e. The summed E-state index contributed by atoms with van der Waals surface area (Å²) in [5, 5.41) is 9.01. The molecule has 0 spiro atoms. The van der Waals surface area contributed by atoms with Crippen LogP contribution in [0.1, 0.15) is 30.7 Å². The molecule has 1 aromatic carbocycles. The van der Waals surface area contributed by atoms with Crippen molar-refractivity contribution in [2.24, 2.45) is 0 Å². The minimum atomic E-state index is -0.960. The van der Waals surface area contributed by atoms with Crippen molar-refractivity contribution < 1.29 is 8.78 Å². The van der Waals surface area contributed by atoms with Crippen LogP contribution in [-0.2, 0) is 11.8 Å². The highest BCUT2D eigenvalue weighted by atomic mass is 19.1. The van der Waals surface area contributed by atoms with E-state index in [1.54, 1.807) is 32.2 Å². The molecule has 0 amide bonds. The van der Waals surface area contributed by atoms with Gasteiger partial charge < -0.3 is 0 Å². The van der Waals surface area contributed by atoms with E-state index < -0.39 is 11.2 Å². The standard InChI is InChI=1S/C16H14F2N2/c1-16(2,10-19)15-14(18)8-12(9-20-15)7-11-3-5-13(17)6-4-11/h3-6,8-9H,7H2,1-2H3. The molecule has 0 saturated heterocycles. The van der Waals surface area contributed by atoms with E-state index in [2.05, 4.69) is 4.98 Å². The van der Waals surface area contributed by atoms with E-state index in [1.165, 1.54) is 18.2 Å². The maximum atomic E-state index is 14.0. The molecule has 0 bridgehead atoms. The van der Waals surface area contributed by atoms with Crippen LogP contribution in [0.4, 0.5) is 8.78 Å². The molecule has 20 heavy (non-hydrogen) atoms. The van der Waals surface area contributed by atoms with Crippen LogP contribution in [0, 0.1) is 23.0 Å². The summed E-state index contributed by atoms with van der Waals surface area (Å²) in [6, 6.07) is 9.45. The van der Waals surface area contributed by atoms with E-state index in [9.17, 15) is 8.78 Å². The quantitative estimate of drug-likeness (QED) is 0.853. The number of hydrogen-bond acceptors (Lipinski definition) is 2. The predicted octanol–water partition coefficient (Wildman–Crippen LogP) is 3.75. The Hall–Kier alpha value is -2.28. The Morgan fingerprint density at radius 2 is 1.80 bits per heavy atom. The lowest BCUT2D eigenvalue weighted by atomic mass is 9.90. The van der Waals surface area contributed by atoms with Gasteiger partial charge in [0.25, 0.3) is 0 Å². The summed E-state index contributed by atoms with van der Waals surface area (Å²) < 4.78 is 26.8. The highest BCUT2D eigenvalue weighted by molar-refractivity contribution is 5.30. The molecule has 0 unspecified atom stereocenters. The second-order valence-electron chi connectivity index (χ2n) is 5.21. The summed E-state index contributed by atoms with van der Waals surface area (Å²) >= 11 is 0. The van der Waals surface area contributed by atoms with Gasteiger partial charge in [-0.2, -0.15) is 5.26 Å². The lowest BCUT2D eigenvalue weighted by Gasteiger charge is -2.15.